The summed E-state index contributed by atoms with van der Waals surface area (Å²) in [6.07, 6.45) is 0.987. The van der Waals surface area contributed by atoms with Crippen LogP contribution < -0.4 is 11.1 Å². The molecule has 3 N–H and O–H groups in total. The van der Waals surface area contributed by atoms with Gasteiger partial charge in [-0.1, -0.05) is 0 Å². The molecule has 0 saturated heterocycles. The molecule has 0 bridgehead atoms. The molecule has 0 atom stereocenters. The van der Waals surface area contributed by atoms with E-state index in [0.29, 0.717) is 6.07 Å². The lowest BCUT2D eigenvalue weighted by Crippen LogP contribution is -2.06. The Morgan fingerprint density at radius 2 is 2.00 bits per heavy atom. The van der Waals surface area contributed by atoms with Crippen molar-refractivity contribution in [2.45, 2.75) is 0 Å². The zero-order chi connectivity index (χ0) is 14.9. The second-order valence-corrected chi connectivity index (χ2v) is 4.44. The monoisotopic (exact) mass is 345 g/mol. The third-order valence-corrected chi connectivity index (χ3v) is 2.90. The molecule has 0 aliphatic heterocycles. The van der Waals surface area contributed by atoms with Crippen LogP contribution in [0.4, 0.5) is 31.8 Å². The first kappa shape index (κ1) is 14.1. The highest BCUT2D eigenvalue weighted by atomic mass is 79.9. The summed E-state index contributed by atoms with van der Waals surface area (Å²) in [6, 6.07) is 1.72. The van der Waals surface area contributed by atoms with Crippen LogP contribution in [-0.4, -0.2) is 14.9 Å². The van der Waals surface area contributed by atoms with Crippen molar-refractivity contribution >= 4 is 38.9 Å². The molecular formula is C10H6BrF2N5O2. The Bertz CT molecular complexity index is 698. The van der Waals surface area contributed by atoms with Crippen molar-refractivity contribution in [3.63, 3.8) is 0 Å². The van der Waals surface area contributed by atoms with Crippen molar-refractivity contribution < 1.29 is 13.7 Å². The zero-order valence-electron chi connectivity index (χ0n) is 9.60. The minimum absolute atomic E-state index is 0.00826. The number of nitrogens with one attached hydrogen (secondary N) is 1. The van der Waals surface area contributed by atoms with E-state index >= 15 is 0 Å². The maximum absolute atomic E-state index is 13.6. The van der Waals surface area contributed by atoms with Crippen LogP contribution in [-0.2, 0) is 0 Å². The van der Waals surface area contributed by atoms with E-state index in [2.05, 4.69) is 31.2 Å². The molecule has 0 fully saturated rings. The number of hydrogen-bond acceptors (Lipinski definition) is 6. The number of nitro groups is 1. The Labute approximate surface area is 119 Å². The lowest BCUT2D eigenvalue weighted by atomic mass is 10.3. The summed E-state index contributed by atoms with van der Waals surface area (Å²) in [6.45, 7) is 0. The van der Waals surface area contributed by atoms with Crippen LogP contribution in [0.15, 0.2) is 22.9 Å². The third-order valence-electron chi connectivity index (χ3n) is 2.30. The molecule has 1 aromatic heterocycles. The Morgan fingerprint density at radius 1 is 1.30 bits per heavy atom. The topological polar surface area (TPSA) is 107 Å². The number of halogens is 3. The van der Waals surface area contributed by atoms with Gasteiger partial charge in [0.15, 0.2) is 0 Å². The van der Waals surface area contributed by atoms with E-state index in [-0.39, 0.29) is 21.8 Å². The molecule has 20 heavy (non-hydrogen) atoms. The first-order chi connectivity index (χ1) is 9.40. The Hall–Kier alpha value is -2.36. The molecule has 10 heteroatoms. The maximum Gasteiger partial charge on any atom is 0.353 e. The highest BCUT2D eigenvalue weighted by Gasteiger charge is 2.22. The number of nitrogen functional groups attached to an aromatic ring is 1. The maximum atomic E-state index is 13.6. The average Bonchev–Trinajstić information content (AvgIpc) is 2.35. The summed E-state index contributed by atoms with van der Waals surface area (Å²) >= 11 is 2.88. The van der Waals surface area contributed by atoms with Gasteiger partial charge in [0.1, 0.15) is 18.0 Å². The van der Waals surface area contributed by atoms with Crippen molar-refractivity contribution in [2.24, 2.45) is 0 Å². The van der Waals surface area contributed by atoms with Gasteiger partial charge in [0.05, 0.1) is 15.1 Å². The van der Waals surface area contributed by atoms with E-state index in [1.807, 2.05) is 0 Å². The number of nitrogens with two attached hydrogens (primary N) is 1. The summed E-state index contributed by atoms with van der Waals surface area (Å²) in [4.78, 5) is 17.2. The van der Waals surface area contributed by atoms with Gasteiger partial charge in [-0.2, -0.15) is 0 Å². The fourth-order valence-electron chi connectivity index (χ4n) is 1.41. The van der Waals surface area contributed by atoms with E-state index in [1.165, 1.54) is 0 Å². The number of anilines is 3. The minimum Gasteiger partial charge on any atom is -0.378 e. The van der Waals surface area contributed by atoms with Gasteiger partial charge in [-0.25, -0.2) is 18.7 Å². The standard InChI is InChI=1S/C10H6BrF2N5O2/c11-4-1-7(6(13)2-5(4)12)17-10-8(18(19)20)9(14)15-3-16-10/h1-3H,(H3,14,15,16,17). The van der Waals surface area contributed by atoms with Crippen molar-refractivity contribution in [3.05, 3.63) is 44.7 Å². The molecule has 0 spiro atoms. The molecule has 104 valence electrons. The fourth-order valence-corrected chi connectivity index (χ4v) is 1.75. The Kier molecular flexibility index (Phi) is 3.74. The van der Waals surface area contributed by atoms with Gasteiger partial charge in [0.2, 0.25) is 11.6 Å². The second-order valence-electron chi connectivity index (χ2n) is 3.58. The van der Waals surface area contributed by atoms with Crippen LogP contribution >= 0.6 is 15.9 Å². The molecular weight excluding hydrogens is 340 g/mol. The molecule has 0 unspecified atom stereocenters. The van der Waals surface area contributed by atoms with Crippen molar-refractivity contribution in [2.75, 3.05) is 11.1 Å². The van der Waals surface area contributed by atoms with E-state index in [9.17, 15) is 18.9 Å². The molecule has 0 aliphatic carbocycles. The molecule has 2 rings (SSSR count). The molecule has 0 amide bonds. The van der Waals surface area contributed by atoms with E-state index in [1.54, 1.807) is 0 Å². The van der Waals surface area contributed by atoms with Gasteiger partial charge in [0, 0.05) is 6.07 Å². The molecule has 1 heterocycles. The smallest absolute Gasteiger partial charge is 0.353 e. The van der Waals surface area contributed by atoms with Gasteiger partial charge in [-0.3, -0.25) is 10.1 Å². The summed E-state index contributed by atoms with van der Waals surface area (Å²) in [5.74, 6) is -2.39. The van der Waals surface area contributed by atoms with Crippen LogP contribution in [0.3, 0.4) is 0 Å². The van der Waals surface area contributed by atoms with Crippen LogP contribution in [0.1, 0.15) is 0 Å². The lowest BCUT2D eigenvalue weighted by molar-refractivity contribution is -0.383. The van der Waals surface area contributed by atoms with Crippen LogP contribution in [0.2, 0.25) is 0 Å². The zero-order valence-corrected chi connectivity index (χ0v) is 11.2. The van der Waals surface area contributed by atoms with Crippen LogP contribution in [0, 0.1) is 21.7 Å². The Balaban J connectivity index is 2.48. The Morgan fingerprint density at radius 3 is 2.65 bits per heavy atom. The van der Waals surface area contributed by atoms with Crippen molar-refractivity contribution in [1.82, 2.24) is 9.97 Å². The third kappa shape index (κ3) is 2.64. The summed E-state index contributed by atoms with van der Waals surface area (Å²) in [5.41, 5.74) is 4.59. The van der Waals surface area contributed by atoms with Gasteiger partial charge in [-0.05, 0) is 22.0 Å². The molecule has 0 saturated carbocycles. The SMILES string of the molecule is Nc1ncnc(Nc2cc(Br)c(F)cc2F)c1[N+](=O)[O-]. The number of hydrogen-bond donors (Lipinski definition) is 2. The highest BCUT2D eigenvalue weighted by molar-refractivity contribution is 9.10. The molecule has 2 aromatic rings. The number of nitrogens with zero attached hydrogens (tertiary/aromatic N) is 3. The second kappa shape index (κ2) is 5.33. The van der Waals surface area contributed by atoms with E-state index < -0.39 is 22.2 Å². The summed E-state index contributed by atoms with van der Waals surface area (Å²) in [7, 11) is 0. The number of aromatic nitrogens is 2. The normalized spacial score (nSPS) is 10.3. The average molecular weight is 346 g/mol. The molecule has 7 nitrogen and oxygen atoms in total. The van der Waals surface area contributed by atoms with E-state index in [4.69, 9.17) is 5.73 Å². The van der Waals surface area contributed by atoms with Gasteiger partial charge in [-0.15, -0.1) is 0 Å². The van der Waals surface area contributed by atoms with Crippen molar-refractivity contribution in [3.8, 4) is 0 Å². The quantitative estimate of drug-likeness (QED) is 0.503. The van der Waals surface area contributed by atoms with Crippen LogP contribution in [0.5, 0.6) is 0 Å². The molecule has 0 radical (unpaired) electrons. The predicted molar refractivity (Wildman–Crippen MR) is 70.4 cm³/mol. The number of benzene rings is 1. The lowest BCUT2D eigenvalue weighted by Gasteiger charge is -2.08. The molecule has 1 aromatic carbocycles. The van der Waals surface area contributed by atoms with Crippen molar-refractivity contribution in [1.29, 1.82) is 0 Å². The highest BCUT2D eigenvalue weighted by Crippen LogP contribution is 2.31. The van der Waals surface area contributed by atoms with E-state index in [0.717, 1.165) is 12.4 Å². The molecule has 0 aliphatic rings. The largest absolute Gasteiger partial charge is 0.378 e. The first-order valence-corrected chi connectivity index (χ1v) is 5.86. The first-order valence-electron chi connectivity index (χ1n) is 5.06. The minimum atomic E-state index is -0.933. The van der Waals surface area contributed by atoms with Gasteiger partial charge < -0.3 is 11.1 Å². The van der Waals surface area contributed by atoms with Crippen LogP contribution in [0.25, 0.3) is 0 Å². The summed E-state index contributed by atoms with van der Waals surface area (Å²) < 4.78 is 26.7. The summed E-state index contributed by atoms with van der Waals surface area (Å²) in [5, 5.41) is 13.3. The van der Waals surface area contributed by atoms with Gasteiger partial charge in [0.25, 0.3) is 0 Å². The van der Waals surface area contributed by atoms with Gasteiger partial charge >= 0.3 is 5.69 Å². The fraction of sp³-hybridized carbons (Fsp3) is 0. The number of rotatable bonds is 3. The predicted octanol–water partition coefficient (Wildman–Crippen LogP) is 2.75.